The van der Waals surface area contributed by atoms with Gasteiger partial charge in [-0.05, 0) is 31.2 Å². The summed E-state index contributed by atoms with van der Waals surface area (Å²) in [5.74, 6) is -0.189. The lowest BCUT2D eigenvalue weighted by molar-refractivity contribution is -0.115. The Labute approximate surface area is 147 Å². The molecule has 1 heterocycles. The Morgan fingerprint density at radius 2 is 1.87 bits per heavy atom. The summed E-state index contributed by atoms with van der Waals surface area (Å²) >= 11 is 13.5. The first-order valence-corrected chi connectivity index (χ1v) is 8.54. The summed E-state index contributed by atoms with van der Waals surface area (Å²) in [7, 11) is 0. The second-order valence-electron chi connectivity index (χ2n) is 4.91. The van der Waals surface area contributed by atoms with Gasteiger partial charge in [-0.3, -0.25) is 4.79 Å². The molecule has 0 radical (unpaired) electrons. The van der Waals surface area contributed by atoms with E-state index in [-0.39, 0.29) is 11.2 Å². The molecular formula is C16H13Cl2N3OS. The topological polar surface area (TPSA) is 57.8 Å². The molecule has 3 rings (SSSR count). The number of halogens is 2. The van der Waals surface area contributed by atoms with Crippen molar-refractivity contribution in [1.82, 2.24) is 9.97 Å². The number of benzene rings is 2. The summed E-state index contributed by atoms with van der Waals surface area (Å²) in [5, 5.41) is 3.92. The molecule has 0 saturated heterocycles. The van der Waals surface area contributed by atoms with Crippen LogP contribution in [0.3, 0.4) is 0 Å². The van der Waals surface area contributed by atoms with Crippen LogP contribution < -0.4 is 5.32 Å². The number of H-pyrrole nitrogens is 1. The minimum atomic E-state index is -0.358. The van der Waals surface area contributed by atoms with Gasteiger partial charge >= 0.3 is 0 Å². The Morgan fingerprint density at radius 3 is 2.57 bits per heavy atom. The fourth-order valence-corrected chi connectivity index (χ4v) is 3.36. The fraction of sp³-hybridized carbons (Fsp3) is 0.125. The first kappa shape index (κ1) is 16.2. The number of imidazole rings is 1. The number of hydrogen-bond donors (Lipinski definition) is 2. The van der Waals surface area contributed by atoms with Crippen molar-refractivity contribution in [3.8, 4) is 0 Å². The van der Waals surface area contributed by atoms with E-state index in [9.17, 15) is 4.79 Å². The molecule has 23 heavy (non-hydrogen) atoms. The number of amides is 1. The Balaban J connectivity index is 1.72. The van der Waals surface area contributed by atoms with Gasteiger partial charge in [0.1, 0.15) is 0 Å². The number of fused-ring (bicyclic) bond motifs is 1. The van der Waals surface area contributed by atoms with Crippen LogP contribution in [-0.2, 0) is 4.79 Å². The standard InChI is InChI=1S/C16H13Cl2N3OS/c1-9(15(22)21-14-10(17)5-4-6-11(14)18)23-16-19-12-7-2-3-8-13(12)20-16/h2-9H,1H3,(H,19,20)(H,21,22). The third-order valence-electron chi connectivity index (χ3n) is 3.24. The largest absolute Gasteiger partial charge is 0.333 e. The Bertz CT molecular complexity index is 812. The molecule has 1 atom stereocenters. The van der Waals surface area contributed by atoms with Gasteiger partial charge in [-0.15, -0.1) is 0 Å². The van der Waals surface area contributed by atoms with E-state index >= 15 is 0 Å². The molecule has 2 aromatic carbocycles. The molecule has 118 valence electrons. The van der Waals surface area contributed by atoms with Crippen LogP contribution in [0.1, 0.15) is 6.92 Å². The average Bonchev–Trinajstić information content (AvgIpc) is 2.93. The van der Waals surface area contributed by atoms with Gasteiger partial charge in [-0.1, -0.05) is 53.2 Å². The molecule has 0 saturated carbocycles. The molecule has 7 heteroatoms. The number of para-hydroxylation sites is 3. The van der Waals surface area contributed by atoms with Crippen LogP contribution >= 0.6 is 35.0 Å². The number of aromatic amines is 1. The molecule has 0 aliphatic heterocycles. The van der Waals surface area contributed by atoms with Gasteiger partial charge in [-0.2, -0.15) is 0 Å². The van der Waals surface area contributed by atoms with Gasteiger partial charge in [0.2, 0.25) is 5.91 Å². The maximum absolute atomic E-state index is 12.3. The van der Waals surface area contributed by atoms with E-state index in [1.807, 2.05) is 24.3 Å². The van der Waals surface area contributed by atoms with Gasteiger partial charge in [0.15, 0.2) is 5.16 Å². The maximum atomic E-state index is 12.3. The molecular weight excluding hydrogens is 353 g/mol. The molecule has 0 spiro atoms. The van der Waals surface area contributed by atoms with Crippen molar-refractivity contribution >= 4 is 57.6 Å². The van der Waals surface area contributed by atoms with E-state index in [0.29, 0.717) is 20.9 Å². The summed E-state index contributed by atoms with van der Waals surface area (Å²) in [5.41, 5.74) is 2.24. The monoisotopic (exact) mass is 365 g/mol. The fourth-order valence-electron chi connectivity index (χ4n) is 2.05. The molecule has 3 aromatic rings. The predicted molar refractivity (Wildman–Crippen MR) is 96.5 cm³/mol. The van der Waals surface area contributed by atoms with Gasteiger partial charge in [0.25, 0.3) is 0 Å². The van der Waals surface area contributed by atoms with Crippen molar-refractivity contribution in [2.45, 2.75) is 17.3 Å². The molecule has 1 aromatic heterocycles. The molecule has 0 aliphatic rings. The quantitative estimate of drug-likeness (QED) is 0.640. The van der Waals surface area contributed by atoms with Crippen molar-refractivity contribution in [3.05, 3.63) is 52.5 Å². The van der Waals surface area contributed by atoms with E-state index in [1.165, 1.54) is 11.8 Å². The minimum absolute atomic E-state index is 0.189. The van der Waals surface area contributed by atoms with E-state index < -0.39 is 0 Å². The number of carbonyl (C=O) groups excluding carboxylic acids is 1. The third-order valence-corrected chi connectivity index (χ3v) is 4.85. The zero-order valence-corrected chi connectivity index (χ0v) is 14.5. The highest BCUT2D eigenvalue weighted by molar-refractivity contribution is 8.00. The van der Waals surface area contributed by atoms with Crippen molar-refractivity contribution in [2.75, 3.05) is 5.32 Å². The molecule has 2 N–H and O–H groups in total. The van der Waals surface area contributed by atoms with Crippen molar-refractivity contribution in [1.29, 1.82) is 0 Å². The van der Waals surface area contributed by atoms with Crippen LogP contribution in [-0.4, -0.2) is 21.1 Å². The molecule has 0 fully saturated rings. The van der Waals surface area contributed by atoms with E-state index in [1.54, 1.807) is 25.1 Å². The highest BCUT2D eigenvalue weighted by atomic mass is 35.5. The van der Waals surface area contributed by atoms with Crippen LogP contribution in [0, 0.1) is 0 Å². The van der Waals surface area contributed by atoms with Crippen molar-refractivity contribution in [2.24, 2.45) is 0 Å². The third kappa shape index (κ3) is 3.63. The summed E-state index contributed by atoms with van der Waals surface area (Å²) in [6.45, 7) is 1.80. The van der Waals surface area contributed by atoms with E-state index in [0.717, 1.165) is 11.0 Å². The number of rotatable bonds is 4. The lowest BCUT2D eigenvalue weighted by Crippen LogP contribution is -2.22. The molecule has 1 unspecified atom stereocenters. The summed E-state index contributed by atoms with van der Waals surface area (Å²) in [6, 6.07) is 12.8. The van der Waals surface area contributed by atoms with Crippen LogP contribution in [0.25, 0.3) is 11.0 Å². The first-order valence-electron chi connectivity index (χ1n) is 6.91. The van der Waals surface area contributed by atoms with Gasteiger partial charge < -0.3 is 10.3 Å². The molecule has 0 bridgehead atoms. The highest BCUT2D eigenvalue weighted by Gasteiger charge is 2.18. The molecule has 1 amide bonds. The van der Waals surface area contributed by atoms with E-state index in [2.05, 4.69) is 15.3 Å². The number of nitrogens with one attached hydrogen (secondary N) is 2. The lowest BCUT2D eigenvalue weighted by atomic mass is 10.3. The maximum Gasteiger partial charge on any atom is 0.237 e. The van der Waals surface area contributed by atoms with Crippen LogP contribution in [0.15, 0.2) is 47.6 Å². The Hall–Kier alpha value is -1.69. The zero-order valence-electron chi connectivity index (χ0n) is 12.1. The van der Waals surface area contributed by atoms with Gasteiger partial charge in [0.05, 0.1) is 32.0 Å². The van der Waals surface area contributed by atoms with Crippen molar-refractivity contribution in [3.63, 3.8) is 0 Å². The van der Waals surface area contributed by atoms with E-state index in [4.69, 9.17) is 23.2 Å². The van der Waals surface area contributed by atoms with Crippen LogP contribution in [0.5, 0.6) is 0 Å². The van der Waals surface area contributed by atoms with Crippen LogP contribution in [0.4, 0.5) is 5.69 Å². The first-order chi connectivity index (χ1) is 11.0. The number of nitrogens with zero attached hydrogens (tertiary/aromatic N) is 1. The highest BCUT2D eigenvalue weighted by Crippen LogP contribution is 2.31. The minimum Gasteiger partial charge on any atom is -0.333 e. The average molecular weight is 366 g/mol. The second-order valence-corrected chi connectivity index (χ2v) is 7.05. The zero-order chi connectivity index (χ0) is 16.4. The smallest absolute Gasteiger partial charge is 0.237 e. The van der Waals surface area contributed by atoms with Crippen LogP contribution in [0.2, 0.25) is 10.0 Å². The number of thioether (sulfide) groups is 1. The normalized spacial score (nSPS) is 12.3. The lowest BCUT2D eigenvalue weighted by Gasteiger charge is -2.12. The number of hydrogen-bond acceptors (Lipinski definition) is 3. The number of aromatic nitrogens is 2. The van der Waals surface area contributed by atoms with Crippen molar-refractivity contribution < 1.29 is 4.79 Å². The Morgan fingerprint density at radius 1 is 1.17 bits per heavy atom. The summed E-state index contributed by atoms with van der Waals surface area (Å²) in [6.07, 6.45) is 0. The predicted octanol–water partition coefficient (Wildman–Crippen LogP) is 4.99. The van der Waals surface area contributed by atoms with Gasteiger partial charge in [-0.25, -0.2) is 4.98 Å². The Kier molecular flexibility index (Phi) is 4.80. The summed E-state index contributed by atoms with van der Waals surface area (Å²) < 4.78 is 0. The van der Waals surface area contributed by atoms with Gasteiger partial charge in [0, 0.05) is 0 Å². The number of carbonyl (C=O) groups is 1. The number of anilines is 1. The molecule has 4 nitrogen and oxygen atoms in total. The molecule has 0 aliphatic carbocycles. The summed E-state index contributed by atoms with van der Waals surface area (Å²) in [4.78, 5) is 20.0. The second kappa shape index (κ2) is 6.83. The SMILES string of the molecule is CC(Sc1nc2ccccc2[nH]1)C(=O)Nc1c(Cl)cccc1Cl.